The lowest BCUT2D eigenvalue weighted by Gasteiger charge is -2.26. The SMILES string of the molecule is Cc1ccc(C(=O)N/N=C\c2ccc(OCC(=O)N3CCCCC3)cc2)cc1[N+](=O)[O-]. The normalized spacial score (nSPS) is 13.8. The summed E-state index contributed by atoms with van der Waals surface area (Å²) >= 11 is 0. The molecule has 0 unspecified atom stereocenters. The Morgan fingerprint density at radius 1 is 1.16 bits per heavy atom. The van der Waals surface area contributed by atoms with Crippen LogP contribution >= 0.6 is 0 Å². The van der Waals surface area contributed by atoms with Crippen molar-refractivity contribution in [2.45, 2.75) is 26.2 Å². The molecule has 0 radical (unpaired) electrons. The molecule has 1 aliphatic rings. The highest BCUT2D eigenvalue weighted by molar-refractivity contribution is 5.95. The van der Waals surface area contributed by atoms with Crippen LogP contribution in [0.3, 0.4) is 0 Å². The first-order valence-electron chi connectivity index (χ1n) is 10.0. The molecule has 0 bridgehead atoms. The van der Waals surface area contributed by atoms with Crippen LogP contribution in [0.2, 0.25) is 0 Å². The van der Waals surface area contributed by atoms with Gasteiger partial charge in [0.2, 0.25) is 0 Å². The number of nitrogens with one attached hydrogen (secondary N) is 1. The molecule has 0 spiro atoms. The molecule has 0 aliphatic carbocycles. The van der Waals surface area contributed by atoms with Crippen molar-refractivity contribution in [1.82, 2.24) is 10.3 Å². The second-order valence-corrected chi connectivity index (χ2v) is 7.26. The van der Waals surface area contributed by atoms with Crippen molar-refractivity contribution in [2.75, 3.05) is 19.7 Å². The zero-order valence-corrected chi connectivity index (χ0v) is 17.2. The number of nitro benzene ring substituents is 1. The Hall–Kier alpha value is -3.75. The van der Waals surface area contributed by atoms with Crippen LogP contribution in [0.25, 0.3) is 0 Å². The maximum atomic E-state index is 12.2. The third-order valence-electron chi connectivity index (χ3n) is 5.00. The number of rotatable bonds is 7. The van der Waals surface area contributed by atoms with Gasteiger partial charge >= 0.3 is 0 Å². The first-order valence-corrected chi connectivity index (χ1v) is 10.0. The zero-order valence-electron chi connectivity index (χ0n) is 17.2. The highest BCUT2D eigenvalue weighted by atomic mass is 16.6. The molecule has 2 aromatic carbocycles. The van der Waals surface area contributed by atoms with E-state index in [0.717, 1.165) is 25.9 Å². The lowest BCUT2D eigenvalue weighted by molar-refractivity contribution is -0.385. The Balaban J connectivity index is 1.50. The predicted molar refractivity (Wildman–Crippen MR) is 115 cm³/mol. The van der Waals surface area contributed by atoms with Gasteiger partial charge < -0.3 is 9.64 Å². The van der Waals surface area contributed by atoms with Crippen molar-refractivity contribution < 1.29 is 19.2 Å². The fourth-order valence-electron chi connectivity index (χ4n) is 3.21. The van der Waals surface area contributed by atoms with E-state index in [4.69, 9.17) is 4.74 Å². The number of likely N-dealkylation sites (tertiary alicyclic amines) is 1. The molecule has 1 aliphatic heterocycles. The number of carbonyl (C=O) groups is 2. The molecule has 0 atom stereocenters. The average molecular weight is 424 g/mol. The van der Waals surface area contributed by atoms with Gasteiger partial charge in [0.25, 0.3) is 17.5 Å². The number of amides is 2. The molecule has 1 fully saturated rings. The number of nitrogens with zero attached hydrogens (tertiary/aromatic N) is 3. The fourth-order valence-corrected chi connectivity index (χ4v) is 3.21. The van der Waals surface area contributed by atoms with E-state index in [2.05, 4.69) is 10.5 Å². The molecule has 0 saturated carbocycles. The van der Waals surface area contributed by atoms with Crippen molar-refractivity contribution in [3.05, 3.63) is 69.3 Å². The smallest absolute Gasteiger partial charge is 0.273 e. The van der Waals surface area contributed by atoms with Gasteiger partial charge in [0, 0.05) is 30.3 Å². The van der Waals surface area contributed by atoms with Crippen LogP contribution in [0.1, 0.15) is 40.7 Å². The summed E-state index contributed by atoms with van der Waals surface area (Å²) in [5.74, 6) is 0.0124. The highest BCUT2D eigenvalue weighted by Crippen LogP contribution is 2.19. The molecule has 3 rings (SSSR count). The van der Waals surface area contributed by atoms with Gasteiger partial charge in [-0.2, -0.15) is 5.10 Å². The molecular formula is C22H24N4O5. The quantitative estimate of drug-likeness (QED) is 0.417. The van der Waals surface area contributed by atoms with E-state index < -0.39 is 10.8 Å². The van der Waals surface area contributed by atoms with Gasteiger partial charge in [0.05, 0.1) is 11.1 Å². The Bertz CT molecular complexity index is 982. The summed E-state index contributed by atoms with van der Waals surface area (Å²) in [5.41, 5.74) is 3.57. The molecule has 2 aromatic rings. The number of hydrogen-bond donors (Lipinski definition) is 1. The van der Waals surface area contributed by atoms with Crippen LogP contribution in [-0.2, 0) is 4.79 Å². The summed E-state index contributed by atoms with van der Waals surface area (Å²) in [6.45, 7) is 3.19. The summed E-state index contributed by atoms with van der Waals surface area (Å²) in [6.07, 6.45) is 4.69. The van der Waals surface area contributed by atoms with Crippen molar-refractivity contribution in [1.29, 1.82) is 0 Å². The molecule has 1 heterocycles. The van der Waals surface area contributed by atoms with Crippen molar-refractivity contribution in [2.24, 2.45) is 5.10 Å². The van der Waals surface area contributed by atoms with Gasteiger partial charge in [-0.05, 0) is 62.1 Å². The Labute approximate surface area is 179 Å². The summed E-state index contributed by atoms with van der Waals surface area (Å²) in [7, 11) is 0. The topological polar surface area (TPSA) is 114 Å². The van der Waals surface area contributed by atoms with Gasteiger partial charge in [-0.15, -0.1) is 0 Å². The Morgan fingerprint density at radius 3 is 2.55 bits per heavy atom. The monoisotopic (exact) mass is 424 g/mol. The fraction of sp³-hybridized carbons (Fsp3) is 0.318. The minimum absolute atomic E-state index is 0.00613. The summed E-state index contributed by atoms with van der Waals surface area (Å²) in [4.78, 5) is 36.6. The van der Waals surface area contributed by atoms with E-state index in [1.807, 2.05) is 4.90 Å². The van der Waals surface area contributed by atoms with Gasteiger partial charge in [0.15, 0.2) is 6.61 Å². The molecular weight excluding hydrogens is 400 g/mol. The predicted octanol–water partition coefficient (Wildman–Crippen LogP) is 3.06. The van der Waals surface area contributed by atoms with Crippen molar-refractivity contribution >= 4 is 23.7 Å². The van der Waals surface area contributed by atoms with Crippen LogP contribution in [0.15, 0.2) is 47.6 Å². The number of carbonyl (C=O) groups excluding carboxylic acids is 2. The van der Waals surface area contributed by atoms with Crippen LogP contribution in [0.5, 0.6) is 5.75 Å². The number of piperidine rings is 1. The van der Waals surface area contributed by atoms with E-state index in [9.17, 15) is 19.7 Å². The molecule has 162 valence electrons. The van der Waals surface area contributed by atoms with E-state index in [-0.39, 0.29) is 23.8 Å². The van der Waals surface area contributed by atoms with E-state index >= 15 is 0 Å². The maximum Gasteiger partial charge on any atom is 0.273 e. The second kappa shape index (κ2) is 10.3. The van der Waals surface area contributed by atoms with Gasteiger partial charge in [-0.25, -0.2) is 5.43 Å². The maximum absolute atomic E-state index is 12.2. The summed E-state index contributed by atoms with van der Waals surface area (Å²) in [6, 6.07) is 11.2. The van der Waals surface area contributed by atoms with Crippen molar-refractivity contribution in [3.63, 3.8) is 0 Å². The number of aryl methyl sites for hydroxylation is 1. The number of nitro groups is 1. The Kier molecular flexibility index (Phi) is 7.31. The summed E-state index contributed by atoms with van der Waals surface area (Å²) < 4.78 is 5.56. The van der Waals surface area contributed by atoms with E-state index in [0.29, 0.717) is 16.9 Å². The average Bonchev–Trinajstić information content (AvgIpc) is 2.79. The lowest BCUT2D eigenvalue weighted by Crippen LogP contribution is -2.38. The molecule has 9 heteroatoms. The van der Waals surface area contributed by atoms with Crippen LogP contribution in [0.4, 0.5) is 5.69 Å². The highest BCUT2D eigenvalue weighted by Gasteiger charge is 2.17. The Morgan fingerprint density at radius 2 is 1.87 bits per heavy atom. The second-order valence-electron chi connectivity index (χ2n) is 7.26. The number of ether oxygens (including phenoxy) is 1. The van der Waals surface area contributed by atoms with Crippen molar-refractivity contribution in [3.8, 4) is 5.75 Å². The number of benzene rings is 2. The van der Waals surface area contributed by atoms with Crippen LogP contribution in [-0.4, -0.2) is 47.5 Å². The van der Waals surface area contributed by atoms with E-state index in [1.165, 1.54) is 30.8 Å². The number of hydrogen-bond acceptors (Lipinski definition) is 6. The summed E-state index contributed by atoms with van der Waals surface area (Å²) in [5, 5.41) is 14.9. The molecule has 9 nitrogen and oxygen atoms in total. The van der Waals surface area contributed by atoms with Gasteiger partial charge in [-0.3, -0.25) is 19.7 Å². The van der Waals surface area contributed by atoms with Crippen LogP contribution in [0, 0.1) is 17.0 Å². The third kappa shape index (κ3) is 6.11. The zero-order chi connectivity index (χ0) is 22.2. The molecule has 1 N–H and O–H groups in total. The first kappa shape index (κ1) is 21.9. The van der Waals surface area contributed by atoms with Gasteiger partial charge in [-0.1, -0.05) is 6.07 Å². The van der Waals surface area contributed by atoms with Crippen LogP contribution < -0.4 is 10.2 Å². The molecule has 2 amide bonds. The first-order chi connectivity index (χ1) is 14.9. The van der Waals surface area contributed by atoms with Gasteiger partial charge in [0.1, 0.15) is 5.75 Å². The minimum Gasteiger partial charge on any atom is -0.484 e. The molecule has 1 saturated heterocycles. The lowest BCUT2D eigenvalue weighted by atomic mass is 10.1. The minimum atomic E-state index is -0.546. The largest absolute Gasteiger partial charge is 0.484 e. The van der Waals surface area contributed by atoms with E-state index in [1.54, 1.807) is 31.2 Å². The standard InChI is InChI=1S/C22H24N4O5/c1-16-5-8-18(13-20(16)26(29)30)22(28)24-23-14-17-6-9-19(10-7-17)31-15-21(27)25-11-3-2-4-12-25/h5-10,13-14H,2-4,11-12,15H2,1H3,(H,24,28)/b23-14-. The third-order valence-corrected chi connectivity index (χ3v) is 5.00. The number of hydrazone groups is 1. The molecule has 0 aromatic heterocycles. The molecule has 31 heavy (non-hydrogen) atoms.